The number of rotatable bonds is 4. The summed E-state index contributed by atoms with van der Waals surface area (Å²) in [7, 11) is 0. The molecule has 5 heteroatoms. The Morgan fingerprint density at radius 2 is 1.65 bits per heavy atom. The summed E-state index contributed by atoms with van der Waals surface area (Å²) >= 11 is 0. The van der Waals surface area contributed by atoms with Crippen LogP contribution in [-0.2, 0) is 0 Å². The number of hydrogen-bond acceptors (Lipinski definition) is 5. The Morgan fingerprint density at radius 3 is 2.35 bits per heavy atom. The molecule has 0 amide bonds. The van der Waals surface area contributed by atoms with Gasteiger partial charge >= 0.3 is 0 Å². The standard InChI is InChI=1S/C18H16N2O3/c21-18(12-6-7-12)14-10-16-17(23-9-8-22-16)11-15(14)20-19-13-4-2-1-3-5-13/h1-5,10-12H,6-9H2. The predicted octanol–water partition coefficient (Wildman–Crippen LogP) is 4.47. The van der Waals surface area contributed by atoms with Crippen molar-refractivity contribution in [1.29, 1.82) is 0 Å². The van der Waals surface area contributed by atoms with Gasteiger partial charge in [-0.25, -0.2) is 0 Å². The van der Waals surface area contributed by atoms with E-state index in [0.29, 0.717) is 36.0 Å². The molecule has 0 spiro atoms. The molecule has 0 N–H and O–H groups in total. The van der Waals surface area contributed by atoms with Crippen molar-refractivity contribution in [3.63, 3.8) is 0 Å². The summed E-state index contributed by atoms with van der Waals surface area (Å²) < 4.78 is 11.2. The molecule has 1 fully saturated rings. The maximum absolute atomic E-state index is 12.5. The smallest absolute Gasteiger partial charge is 0.168 e. The van der Waals surface area contributed by atoms with Crippen molar-refractivity contribution < 1.29 is 14.3 Å². The second-order valence-corrected chi connectivity index (χ2v) is 5.69. The normalized spacial score (nSPS) is 16.5. The van der Waals surface area contributed by atoms with E-state index in [1.807, 2.05) is 30.3 Å². The molecule has 0 radical (unpaired) electrons. The summed E-state index contributed by atoms with van der Waals surface area (Å²) in [6.07, 6.45) is 1.89. The topological polar surface area (TPSA) is 60.2 Å². The molecule has 0 atom stereocenters. The molecule has 4 rings (SSSR count). The lowest BCUT2D eigenvalue weighted by Crippen LogP contribution is -2.16. The van der Waals surface area contributed by atoms with Crippen LogP contribution in [0.2, 0.25) is 0 Å². The molecule has 2 aromatic rings. The average Bonchev–Trinajstić information content (AvgIpc) is 3.44. The fourth-order valence-corrected chi connectivity index (χ4v) is 2.53. The van der Waals surface area contributed by atoms with Crippen LogP contribution in [0.1, 0.15) is 23.2 Å². The van der Waals surface area contributed by atoms with E-state index in [0.717, 1.165) is 18.5 Å². The van der Waals surface area contributed by atoms with Crippen LogP contribution in [0.3, 0.4) is 0 Å². The second kappa shape index (κ2) is 5.83. The zero-order valence-corrected chi connectivity index (χ0v) is 12.6. The fraction of sp³-hybridized carbons (Fsp3) is 0.278. The minimum absolute atomic E-state index is 0.114. The number of benzene rings is 2. The van der Waals surface area contributed by atoms with Crippen LogP contribution >= 0.6 is 0 Å². The summed E-state index contributed by atoms with van der Waals surface area (Å²) in [6.45, 7) is 0.993. The van der Waals surface area contributed by atoms with Gasteiger partial charge in [0, 0.05) is 17.5 Å². The Labute approximate surface area is 134 Å². The first-order valence-corrected chi connectivity index (χ1v) is 7.76. The van der Waals surface area contributed by atoms with E-state index in [-0.39, 0.29) is 11.7 Å². The zero-order chi connectivity index (χ0) is 15.6. The highest BCUT2D eigenvalue weighted by atomic mass is 16.6. The number of azo groups is 1. The maximum atomic E-state index is 12.5. The van der Waals surface area contributed by atoms with E-state index in [1.54, 1.807) is 12.1 Å². The van der Waals surface area contributed by atoms with Gasteiger partial charge in [0.05, 0.1) is 5.69 Å². The van der Waals surface area contributed by atoms with Crippen LogP contribution in [0.5, 0.6) is 11.5 Å². The van der Waals surface area contributed by atoms with Crippen LogP contribution in [0, 0.1) is 5.92 Å². The number of Topliss-reactive ketones (excluding diaryl/α,β-unsaturated/α-hetero) is 1. The molecule has 116 valence electrons. The molecule has 1 aliphatic carbocycles. The molecule has 0 bridgehead atoms. The molecule has 1 saturated carbocycles. The van der Waals surface area contributed by atoms with Gasteiger partial charge in [-0.3, -0.25) is 4.79 Å². The summed E-state index contributed by atoms with van der Waals surface area (Å²) in [5, 5.41) is 8.51. The van der Waals surface area contributed by atoms with Crippen LogP contribution in [0.25, 0.3) is 0 Å². The number of carbonyl (C=O) groups is 1. The quantitative estimate of drug-likeness (QED) is 0.618. The van der Waals surface area contributed by atoms with E-state index in [4.69, 9.17) is 9.47 Å². The first-order chi connectivity index (χ1) is 11.3. The van der Waals surface area contributed by atoms with Crippen molar-refractivity contribution in [2.45, 2.75) is 12.8 Å². The molecule has 0 saturated heterocycles. The zero-order valence-electron chi connectivity index (χ0n) is 12.6. The number of carbonyl (C=O) groups excluding carboxylic acids is 1. The summed E-state index contributed by atoms with van der Waals surface area (Å²) in [5.74, 6) is 1.46. The number of hydrogen-bond donors (Lipinski definition) is 0. The van der Waals surface area contributed by atoms with Crippen molar-refractivity contribution in [2.24, 2.45) is 16.1 Å². The van der Waals surface area contributed by atoms with Gasteiger partial charge in [-0.1, -0.05) is 18.2 Å². The minimum atomic E-state index is 0.114. The Balaban J connectivity index is 1.73. The third kappa shape index (κ3) is 2.95. The largest absolute Gasteiger partial charge is 0.486 e. The lowest BCUT2D eigenvalue weighted by Gasteiger charge is -2.19. The molecule has 2 aromatic carbocycles. The van der Waals surface area contributed by atoms with Crippen LogP contribution < -0.4 is 9.47 Å². The Morgan fingerprint density at radius 1 is 0.957 bits per heavy atom. The minimum Gasteiger partial charge on any atom is -0.486 e. The SMILES string of the molecule is O=C(c1cc2c(cc1N=Nc1ccccc1)OCCO2)C1CC1. The summed E-state index contributed by atoms with van der Waals surface area (Å²) in [5.41, 5.74) is 1.85. The summed E-state index contributed by atoms with van der Waals surface area (Å²) in [4.78, 5) is 12.5. The van der Waals surface area contributed by atoms with Gasteiger partial charge < -0.3 is 9.47 Å². The molecule has 0 unspecified atom stereocenters. The van der Waals surface area contributed by atoms with E-state index in [2.05, 4.69) is 10.2 Å². The molecule has 5 nitrogen and oxygen atoms in total. The Kier molecular flexibility index (Phi) is 3.54. The van der Waals surface area contributed by atoms with Crippen LogP contribution in [0.15, 0.2) is 52.7 Å². The van der Waals surface area contributed by atoms with Gasteiger partial charge in [-0.15, -0.1) is 5.11 Å². The Hall–Kier alpha value is -2.69. The average molecular weight is 308 g/mol. The lowest BCUT2D eigenvalue weighted by atomic mass is 10.0. The third-order valence-electron chi connectivity index (χ3n) is 3.90. The van der Waals surface area contributed by atoms with Gasteiger partial charge in [0.1, 0.15) is 18.9 Å². The van der Waals surface area contributed by atoms with Gasteiger partial charge in [0.25, 0.3) is 0 Å². The highest BCUT2D eigenvalue weighted by Crippen LogP contribution is 2.41. The molecule has 1 aliphatic heterocycles. The third-order valence-corrected chi connectivity index (χ3v) is 3.90. The van der Waals surface area contributed by atoms with Crippen molar-refractivity contribution in [3.8, 4) is 11.5 Å². The first-order valence-electron chi connectivity index (χ1n) is 7.76. The van der Waals surface area contributed by atoms with E-state index >= 15 is 0 Å². The first kappa shape index (κ1) is 13.9. The Bertz CT molecular complexity index is 767. The number of ether oxygens (including phenoxy) is 2. The van der Waals surface area contributed by atoms with Crippen molar-refractivity contribution in [3.05, 3.63) is 48.0 Å². The second-order valence-electron chi connectivity index (χ2n) is 5.69. The fourth-order valence-electron chi connectivity index (χ4n) is 2.53. The van der Waals surface area contributed by atoms with Gasteiger partial charge in [-0.2, -0.15) is 5.11 Å². The monoisotopic (exact) mass is 308 g/mol. The van der Waals surface area contributed by atoms with Crippen molar-refractivity contribution in [1.82, 2.24) is 0 Å². The van der Waals surface area contributed by atoms with Crippen LogP contribution in [0.4, 0.5) is 11.4 Å². The van der Waals surface area contributed by atoms with E-state index in [9.17, 15) is 4.79 Å². The summed E-state index contributed by atoms with van der Waals surface area (Å²) in [6, 6.07) is 12.9. The molecule has 1 heterocycles. The number of nitrogens with zero attached hydrogens (tertiary/aromatic N) is 2. The maximum Gasteiger partial charge on any atom is 0.168 e. The molecular weight excluding hydrogens is 292 g/mol. The van der Waals surface area contributed by atoms with Crippen molar-refractivity contribution >= 4 is 17.2 Å². The molecular formula is C18H16N2O3. The van der Waals surface area contributed by atoms with Gasteiger partial charge in [0.15, 0.2) is 17.3 Å². The predicted molar refractivity (Wildman–Crippen MR) is 85.1 cm³/mol. The molecule has 2 aliphatic rings. The van der Waals surface area contributed by atoms with Crippen molar-refractivity contribution in [2.75, 3.05) is 13.2 Å². The highest BCUT2D eigenvalue weighted by Gasteiger charge is 2.33. The van der Waals surface area contributed by atoms with E-state index < -0.39 is 0 Å². The van der Waals surface area contributed by atoms with E-state index in [1.165, 1.54) is 0 Å². The number of fused-ring (bicyclic) bond motifs is 1. The number of ketones is 1. The van der Waals surface area contributed by atoms with Gasteiger partial charge in [0.2, 0.25) is 0 Å². The highest BCUT2D eigenvalue weighted by molar-refractivity contribution is 6.04. The van der Waals surface area contributed by atoms with Gasteiger partial charge in [-0.05, 0) is 31.0 Å². The molecule has 23 heavy (non-hydrogen) atoms. The van der Waals surface area contributed by atoms with Crippen LogP contribution in [-0.4, -0.2) is 19.0 Å². The lowest BCUT2D eigenvalue weighted by molar-refractivity contribution is 0.0967. The molecule has 0 aromatic heterocycles.